The molecule has 1 aliphatic heterocycles. The van der Waals surface area contributed by atoms with E-state index in [-0.39, 0.29) is 17.7 Å². The first-order chi connectivity index (χ1) is 19.7. The number of aromatic nitrogens is 2. The minimum absolute atomic E-state index is 0.0381. The van der Waals surface area contributed by atoms with Gasteiger partial charge in [0, 0.05) is 36.6 Å². The number of nitrogens with one attached hydrogen (secondary N) is 2. The molecule has 0 aliphatic carbocycles. The Labute approximate surface area is 235 Å². The molecule has 2 heterocycles. The fourth-order valence-corrected chi connectivity index (χ4v) is 5.42. The molecule has 8 heteroatoms. The van der Waals surface area contributed by atoms with Gasteiger partial charge in [-0.2, -0.15) is 0 Å². The third-order valence-corrected chi connectivity index (χ3v) is 7.55. The number of aromatic amines is 1. The number of aryl methyl sites for hydroxylation is 1. The predicted molar refractivity (Wildman–Crippen MR) is 156 cm³/mol. The number of rotatable bonds is 13. The standard InChI is InChI=1S/C32H39N3O5/c1-3-35-28-10-6-9-25(31(28)34-32(35)36)22-40-30-20-33-17-16-27(30)23-12-14-26(15-13-23)39-19-7-18-38-21-24-8-4-5-11-29(24)37-2/h4-6,8-15,27,30,33H,3,7,16-22H2,1-2H3,(H,34,36)/t27-,30+/m1/s1. The summed E-state index contributed by atoms with van der Waals surface area (Å²) in [4.78, 5) is 15.3. The first kappa shape index (κ1) is 28.0. The van der Waals surface area contributed by atoms with Crippen molar-refractivity contribution in [3.05, 3.63) is 93.9 Å². The number of benzene rings is 3. The van der Waals surface area contributed by atoms with Crippen LogP contribution >= 0.6 is 0 Å². The van der Waals surface area contributed by atoms with Crippen LogP contribution in [0.25, 0.3) is 11.0 Å². The molecule has 40 heavy (non-hydrogen) atoms. The van der Waals surface area contributed by atoms with Crippen molar-refractivity contribution < 1.29 is 18.9 Å². The van der Waals surface area contributed by atoms with Gasteiger partial charge in [-0.15, -0.1) is 0 Å². The van der Waals surface area contributed by atoms with E-state index in [1.165, 1.54) is 5.56 Å². The Kier molecular flexibility index (Phi) is 9.54. The number of methoxy groups -OCH3 is 1. The molecule has 212 valence electrons. The monoisotopic (exact) mass is 545 g/mol. The van der Waals surface area contributed by atoms with E-state index in [4.69, 9.17) is 18.9 Å². The number of para-hydroxylation sites is 2. The molecule has 0 bridgehead atoms. The van der Waals surface area contributed by atoms with Crippen LogP contribution in [0.15, 0.2) is 71.5 Å². The quantitative estimate of drug-likeness (QED) is 0.230. The lowest BCUT2D eigenvalue weighted by molar-refractivity contribution is 0.0111. The second-order valence-electron chi connectivity index (χ2n) is 10.1. The molecular weight excluding hydrogens is 506 g/mol. The van der Waals surface area contributed by atoms with E-state index in [2.05, 4.69) is 22.4 Å². The van der Waals surface area contributed by atoms with Crippen LogP contribution in [0.5, 0.6) is 11.5 Å². The van der Waals surface area contributed by atoms with Crippen molar-refractivity contribution in [1.82, 2.24) is 14.9 Å². The van der Waals surface area contributed by atoms with Gasteiger partial charge in [-0.1, -0.05) is 42.5 Å². The Morgan fingerprint density at radius 2 is 1.77 bits per heavy atom. The van der Waals surface area contributed by atoms with Gasteiger partial charge in [-0.3, -0.25) is 4.57 Å². The van der Waals surface area contributed by atoms with E-state index in [9.17, 15) is 4.79 Å². The Bertz CT molecular complexity index is 1430. The van der Waals surface area contributed by atoms with Crippen LogP contribution < -0.4 is 20.5 Å². The van der Waals surface area contributed by atoms with Gasteiger partial charge >= 0.3 is 5.69 Å². The highest BCUT2D eigenvalue weighted by molar-refractivity contribution is 5.78. The molecule has 4 aromatic rings. The number of nitrogens with zero attached hydrogens (tertiary/aromatic N) is 1. The third-order valence-electron chi connectivity index (χ3n) is 7.55. The Morgan fingerprint density at radius 3 is 2.60 bits per heavy atom. The number of ether oxygens (including phenoxy) is 4. The van der Waals surface area contributed by atoms with Gasteiger partial charge in [0.15, 0.2) is 0 Å². The van der Waals surface area contributed by atoms with Crippen LogP contribution in [0.1, 0.15) is 42.4 Å². The largest absolute Gasteiger partial charge is 0.496 e. The van der Waals surface area contributed by atoms with Crippen molar-refractivity contribution in [3.63, 3.8) is 0 Å². The fourth-order valence-electron chi connectivity index (χ4n) is 5.42. The second kappa shape index (κ2) is 13.7. The summed E-state index contributed by atoms with van der Waals surface area (Å²) in [5.74, 6) is 1.99. The molecular formula is C32H39N3O5. The lowest BCUT2D eigenvalue weighted by atomic mass is 9.87. The summed E-state index contributed by atoms with van der Waals surface area (Å²) in [7, 11) is 1.67. The second-order valence-corrected chi connectivity index (χ2v) is 10.1. The SMILES string of the molecule is CCn1c(=O)[nH]c2c(CO[C@H]3CNCC[C@@H]3c3ccc(OCCCOCc4ccccc4OC)cc3)cccc21. The van der Waals surface area contributed by atoms with E-state index in [1.807, 2.05) is 61.5 Å². The highest BCUT2D eigenvalue weighted by Crippen LogP contribution is 2.30. The van der Waals surface area contributed by atoms with Crippen LogP contribution in [-0.4, -0.2) is 49.1 Å². The summed E-state index contributed by atoms with van der Waals surface area (Å²) in [6.45, 7) is 6.55. The highest BCUT2D eigenvalue weighted by atomic mass is 16.5. The van der Waals surface area contributed by atoms with Gasteiger partial charge in [0.25, 0.3) is 0 Å². The van der Waals surface area contributed by atoms with Crippen molar-refractivity contribution in [1.29, 1.82) is 0 Å². The first-order valence-electron chi connectivity index (χ1n) is 14.1. The zero-order valence-corrected chi connectivity index (χ0v) is 23.4. The molecule has 0 unspecified atom stereocenters. The summed E-state index contributed by atoms with van der Waals surface area (Å²) in [6, 6.07) is 22.3. The molecule has 5 rings (SSSR count). The molecule has 2 N–H and O–H groups in total. The van der Waals surface area contributed by atoms with Crippen LogP contribution in [0.2, 0.25) is 0 Å². The molecule has 3 aromatic carbocycles. The molecule has 1 saturated heterocycles. The van der Waals surface area contributed by atoms with Gasteiger partial charge in [-0.25, -0.2) is 4.79 Å². The van der Waals surface area contributed by atoms with E-state index in [0.717, 1.165) is 59.6 Å². The van der Waals surface area contributed by atoms with E-state index in [1.54, 1.807) is 11.7 Å². The molecule has 1 aliphatic rings. The number of imidazole rings is 1. The topological polar surface area (TPSA) is 86.7 Å². The van der Waals surface area contributed by atoms with Crippen LogP contribution in [-0.2, 0) is 29.2 Å². The molecule has 1 fully saturated rings. The molecule has 0 amide bonds. The average molecular weight is 546 g/mol. The highest BCUT2D eigenvalue weighted by Gasteiger charge is 2.27. The van der Waals surface area contributed by atoms with Gasteiger partial charge < -0.3 is 29.2 Å². The maximum absolute atomic E-state index is 12.3. The molecule has 0 radical (unpaired) electrons. The van der Waals surface area contributed by atoms with Crippen molar-refractivity contribution in [3.8, 4) is 11.5 Å². The van der Waals surface area contributed by atoms with Crippen LogP contribution in [0.3, 0.4) is 0 Å². The average Bonchev–Trinajstić information content (AvgIpc) is 3.33. The van der Waals surface area contributed by atoms with Crippen molar-refractivity contribution >= 4 is 11.0 Å². The van der Waals surface area contributed by atoms with Crippen LogP contribution in [0, 0.1) is 0 Å². The summed E-state index contributed by atoms with van der Waals surface area (Å²) in [5, 5.41) is 3.47. The predicted octanol–water partition coefficient (Wildman–Crippen LogP) is 5.01. The zero-order valence-electron chi connectivity index (χ0n) is 23.4. The third kappa shape index (κ3) is 6.58. The van der Waals surface area contributed by atoms with Gasteiger partial charge in [0.1, 0.15) is 11.5 Å². The number of hydrogen-bond acceptors (Lipinski definition) is 6. The summed E-state index contributed by atoms with van der Waals surface area (Å²) in [6.07, 6.45) is 1.85. The Hall–Kier alpha value is -3.59. The lowest BCUT2D eigenvalue weighted by Gasteiger charge is -2.32. The molecule has 0 saturated carbocycles. The number of H-pyrrole nitrogens is 1. The van der Waals surface area contributed by atoms with Crippen LogP contribution in [0.4, 0.5) is 0 Å². The molecule has 8 nitrogen and oxygen atoms in total. The minimum Gasteiger partial charge on any atom is -0.496 e. The first-order valence-corrected chi connectivity index (χ1v) is 14.1. The molecule has 0 spiro atoms. The maximum Gasteiger partial charge on any atom is 0.326 e. The number of fused-ring (bicyclic) bond motifs is 1. The normalized spacial score (nSPS) is 17.2. The number of hydrogen-bond donors (Lipinski definition) is 2. The van der Waals surface area contributed by atoms with Gasteiger partial charge in [0.05, 0.1) is 50.7 Å². The smallest absolute Gasteiger partial charge is 0.326 e. The zero-order chi connectivity index (χ0) is 27.7. The van der Waals surface area contributed by atoms with Crippen molar-refractivity contribution in [2.24, 2.45) is 0 Å². The van der Waals surface area contributed by atoms with Crippen molar-refractivity contribution in [2.75, 3.05) is 33.4 Å². The van der Waals surface area contributed by atoms with E-state index < -0.39 is 0 Å². The van der Waals surface area contributed by atoms with E-state index in [0.29, 0.717) is 33.0 Å². The minimum atomic E-state index is -0.0788. The fraction of sp³-hybridized carbons (Fsp3) is 0.406. The summed E-state index contributed by atoms with van der Waals surface area (Å²) >= 11 is 0. The Balaban J connectivity index is 1.11. The van der Waals surface area contributed by atoms with E-state index >= 15 is 0 Å². The maximum atomic E-state index is 12.3. The molecule has 2 atom stereocenters. The summed E-state index contributed by atoms with van der Waals surface area (Å²) in [5.41, 5.74) is 5.01. The number of piperidine rings is 1. The van der Waals surface area contributed by atoms with Gasteiger partial charge in [0.2, 0.25) is 0 Å². The summed E-state index contributed by atoms with van der Waals surface area (Å²) < 4.78 is 25.3. The lowest BCUT2D eigenvalue weighted by Crippen LogP contribution is -2.40. The van der Waals surface area contributed by atoms with Gasteiger partial charge in [-0.05, 0) is 49.7 Å². The van der Waals surface area contributed by atoms with Crippen molar-refractivity contribution in [2.45, 2.75) is 51.5 Å². The Morgan fingerprint density at radius 1 is 0.950 bits per heavy atom. The molecule has 1 aromatic heterocycles.